The maximum absolute atomic E-state index is 11.5. The van der Waals surface area contributed by atoms with Gasteiger partial charge in [-0.2, -0.15) is 0 Å². The highest BCUT2D eigenvalue weighted by atomic mass is 16.9. The molecule has 0 radical (unpaired) electrons. The summed E-state index contributed by atoms with van der Waals surface area (Å²) in [5.41, 5.74) is 2.84. The van der Waals surface area contributed by atoms with Crippen LogP contribution < -0.4 is 5.43 Å². The van der Waals surface area contributed by atoms with E-state index in [0.717, 1.165) is 25.9 Å². The van der Waals surface area contributed by atoms with Gasteiger partial charge in [-0.05, 0) is 25.7 Å². The van der Waals surface area contributed by atoms with Crippen LogP contribution in [0.2, 0.25) is 0 Å². The molecule has 98 valence electrons. The van der Waals surface area contributed by atoms with Gasteiger partial charge in [0, 0.05) is 19.5 Å². The molecule has 0 spiro atoms. The fourth-order valence-electron chi connectivity index (χ4n) is 1.76. The molecule has 17 heavy (non-hydrogen) atoms. The van der Waals surface area contributed by atoms with Crippen molar-refractivity contribution in [3.8, 4) is 0 Å². The first-order chi connectivity index (χ1) is 8.18. The molecule has 0 atom stereocenters. The van der Waals surface area contributed by atoms with Crippen LogP contribution in [0.3, 0.4) is 0 Å². The zero-order chi connectivity index (χ0) is 12.5. The lowest BCUT2D eigenvalue weighted by molar-refractivity contribution is -0.757. The van der Waals surface area contributed by atoms with Crippen molar-refractivity contribution in [2.24, 2.45) is 0 Å². The minimum atomic E-state index is -0.812. The van der Waals surface area contributed by atoms with Crippen LogP contribution in [0.1, 0.15) is 38.5 Å². The van der Waals surface area contributed by atoms with Crippen LogP contribution in [-0.4, -0.2) is 35.7 Å². The molecule has 1 amide bonds. The Morgan fingerprint density at radius 3 is 2.65 bits per heavy atom. The summed E-state index contributed by atoms with van der Waals surface area (Å²) in [5.74, 6) is -0.0204. The molecule has 7 nitrogen and oxygen atoms in total. The van der Waals surface area contributed by atoms with Crippen molar-refractivity contribution in [2.45, 2.75) is 38.5 Å². The third-order valence-electron chi connectivity index (χ3n) is 2.63. The molecular weight excluding hydrogens is 226 g/mol. The van der Waals surface area contributed by atoms with E-state index in [9.17, 15) is 14.9 Å². The quantitative estimate of drug-likeness (QED) is 0.409. The van der Waals surface area contributed by atoms with Gasteiger partial charge in [0.25, 0.3) is 5.09 Å². The maximum atomic E-state index is 11.5. The SMILES string of the molecule is O=C(CCCCO[N+](=O)[O-])NN1CCCCC1. The highest BCUT2D eigenvalue weighted by Crippen LogP contribution is 2.06. The molecule has 0 aromatic rings. The van der Waals surface area contributed by atoms with Gasteiger partial charge < -0.3 is 4.84 Å². The van der Waals surface area contributed by atoms with Gasteiger partial charge in [-0.1, -0.05) is 6.42 Å². The van der Waals surface area contributed by atoms with Gasteiger partial charge in [-0.15, -0.1) is 10.1 Å². The number of carbonyl (C=O) groups excluding carboxylic acids is 1. The number of unbranched alkanes of at least 4 members (excludes halogenated alkanes) is 1. The van der Waals surface area contributed by atoms with Gasteiger partial charge >= 0.3 is 0 Å². The van der Waals surface area contributed by atoms with E-state index >= 15 is 0 Å². The highest BCUT2D eigenvalue weighted by Gasteiger charge is 2.12. The molecule has 1 aliphatic heterocycles. The topological polar surface area (TPSA) is 84.7 Å². The van der Waals surface area contributed by atoms with E-state index in [4.69, 9.17) is 0 Å². The highest BCUT2D eigenvalue weighted by molar-refractivity contribution is 5.75. The normalized spacial score (nSPS) is 16.5. The smallest absolute Gasteiger partial charge is 0.294 e. The Labute approximate surface area is 100 Å². The Hall–Kier alpha value is -1.37. The second-order valence-corrected chi connectivity index (χ2v) is 4.10. The average molecular weight is 245 g/mol. The molecule has 1 fully saturated rings. The number of rotatable bonds is 7. The number of hydrazine groups is 1. The number of carbonyl (C=O) groups is 1. The van der Waals surface area contributed by atoms with Gasteiger partial charge in [-0.3, -0.25) is 10.2 Å². The summed E-state index contributed by atoms with van der Waals surface area (Å²) in [6.07, 6.45) is 4.98. The first-order valence-electron chi connectivity index (χ1n) is 6.00. The predicted octanol–water partition coefficient (Wildman–Crippen LogP) is 0.882. The second kappa shape index (κ2) is 7.83. The minimum Gasteiger partial charge on any atom is -0.314 e. The molecule has 0 unspecified atom stereocenters. The van der Waals surface area contributed by atoms with Crippen LogP contribution in [0.15, 0.2) is 0 Å². The van der Waals surface area contributed by atoms with Crippen LogP contribution >= 0.6 is 0 Å². The predicted molar refractivity (Wildman–Crippen MR) is 60.4 cm³/mol. The lowest BCUT2D eigenvalue weighted by atomic mass is 10.2. The van der Waals surface area contributed by atoms with Gasteiger partial charge in [0.2, 0.25) is 5.91 Å². The third-order valence-corrected chi connectivity index (χ3v) is 2.63. The van der Waals surface area contributed by atoms with E-state index in [-0.39, 0.29) is 12.5 Å². The number of amides is 1. The molecule has 1 N–H and O–H groups in total. The molecular formula is C10H19N3O4. The second-order valence-electron chi connectivity index (χ2n) is 4.10. The lowest BCUT2D eigenvalue weighted by Crippen LogP contribution is -2.44. The first-order valence-corrected chi connectivity index (χ1v) is 6.00. The standard InChI is InChI=1S/C10H19N3O4/c14-10(6-2-5-9-17-13(15)16)11-12-7-3-1-4-8-12/h1-9H2,(H,11,14). The number of hydrogen-bond donors (Lipinski definition) is 1. The third kappa shape index (κ3) is 6.72. The Morgan fingerprint density at radius 1 is 1.29 bits per heavy atom. The van der Waals surface area contributed by atoms with Gasteiger partial charge in [0.15, 0.2) is 0 Å². The van der Waals surface area contributed by atoms with Crippen molar-refractivity contribution < 1.29 is 14.7 Å². The van der Waals surface area contributed by atoms with E-state index in [1.165, 1.54) is 6.42 Å². The summed E-state index contributed by atoms with van der Waals surface area (Å²) < 4.78 is 0. The Kier molecular flexibility index (Phi) is 6.31. The number of nitrogens with zero attached hydrogens (tertiary/aromatic N) is 2. The molecule has 1 aliphatic rings. The molecule has 0 saturated carbocycles. The Bertz CT molecular complexity index is 254. The van der Waals surface area contributed by atoms with Crippen LogP contribution in [0.5, 0.6) is 0 Å². The zero-order valence-corrected chi connectivity index (χ0v) is 9.89. The van der Waals surface area contributed by atoms with Crippen molar-refractivity contribution in [3.63, 3.8) is 0 Å². The van der Waals surface area contributed by atoms with Gasteiger partial charge in [0.1, 0.15) is 0 Å². The molecule has 0 aromatic heterocycles. The molecule has 0 aromatic carbocycles. The van der Waals surface area contributed by atoms with Gasteiger partial charge in [0.05, 0.1) is 6.61 Å². The lowest BCUT2D eigenvalue weighted by Gasteiger charge is -2.26. The fourth-order valence-corrected chi connectivity index (χ4v) is 1.76. The monoisotopic (exact) mass is 245 g/mol. The van der Waals surface area contributed by atoms with E-state index < -0.39 is 5.09 Å². The number of piperidine rings is 1. The largest absolute Gasteiger partial charge is 0.314 e. The van der Waals surface area contributed by atoms with E-state index in [0.29, 0.717) is 19.3 Å². The Balaban J connectivity index is 1.98. The van der Waals surface area contributed by atoms with Crippen molar-refractivity contribution in [1.82, 2.24) is 10.4 Å². The molecule has 1 rings (SSSR count). The van der Waals surface area contributed by atoms with Crippen molar-refractivity contribution in [3.05, 3.63) is 10.1 Å². The summed E-state index contributed by atoms with van der Waals surface area (Å²) in [5, 5.41) is 11.0. The molecule has 1 heterocycles. The molecule has 7 heteroatoms. The van der Waals surface area contributed by atoms with E-state index in [2.05, 4.69) is 10.3 Å². The van der Waals surface area contributed by atoms with Crippen molar-refractivity contribution >= 4 is 5.91 Å². The van der Waals surface area contributed by atoms with E-state index in [1.807, 2.05) is 5.01 Å². The summed E-state index contributed by atoms with van der Waals surface area (Å²) in [4.78, 5) is 25.5. The minimum absolute atomic E-state index is 0.0204. The van der Waals surface area contributed by atoms with E-state index in [1.54, 1.807) is 0 Å². The van der Waals surface area contributed by atoms with Crippen LogP contribution in [0, 0.1) is 10.1 Å². The van der Waals surface area contributed by atoms with Crippen LogP contribution in [-0.2, 0) is 9.63 Å². The summed E-state index contributed by atoms with van der Waals surface area (Å²) >= 11 is 0. The van der Waals surface area contributed by atoms with Crippen molar-refractivity contribution in [2.75, 3.05) is 19.7 Å². The van der Waals surface area contributed by atoms with Crippen LogP contribution in [0.4, 0.5) is 0 Å². The van der Waals surface area contributed by atoms with Crippen LogP contribution in [0.25, 0.3) is 0 Å². The van der Waals surface area contributed by atoms with Crippen molar-refractivity contribution in [1.29, 1.82) is 0 Å². The molecule has 0 aliphatic carbocycles. The Morgan fingerprint density at radius 2 is 2.00 bits per heavy atom. The molecule has 0 bridgehead atoms. The zero-order valence-electron chi connectivity index (χ0n) is 9.89. The number of hydrogen-bond acceptors (Lipinski definition) is 5. The average Bonchev–Trinajstić information content (AvgIpc) is 2.29. The van der Waals surface area contributed by atoms with Gasteiger partial charge in [-0.25, -0.2) is 5.01 Å². The fraction of sp³-hybridized carbons (Fsp3) is 0.900. The summed E-state index contributed by atoms with van der Waals surface area (Å²) in [7, 11) is 0. The summed E-state index contributed by atoms with van der Waals surface area (Å²) in [6.45, 7) is 1.89. The summed E-state index contributed by atoms with van der Waals surface area (Å²) in [6, 6.07) is 0. The molecule has 1 saturated heterocycles. The first kappa shape index (κ1) is 13.7. The number of nitrogens with one attached hydrogen (secondary N) is 1. The maximum Gasteiger partial charge on any atom is 0.294 e.